The number of thioether (sulfide) groups is 1. The highest BCUT2D eigenvalue weighted by atomic mass is 35.5. The Morgan fingerprint density at radius 3 is 2.62 bits per heavy atom. The number of hydrogen-bond acceptors (Lipinski definition) is 3. The lowest BCUT2D eigenvalue weighted by molar-refractivity contribution is 0.0776. The highest BCUT2D eigenvalue weighted by molar-refractivity contribution is 7.99. The maximum Gasteiger partial charge on any atom is 0.0843 e. The Hall–Kier alpha value is -2.59. The van der Waals surface area contributed by atoms with Gasteiger partial charge in [-0.25, -0.2) is 4.98 Å². The first kappa shape index (κ1) is 26.0. The average molecular weight is 528 g/mol. The highest BCUT2D eigenvalue weighted by Gasteiger charge is 2.25. The Morgan fingerprint density at radius 2 is 1.81 bits per heavy atom. The molecule has 1 saturated carbocycles. The van der Waals surface area contributed by atoms with Gasteiger partial charge >= 0.3 is 0 Å². The smallest absolute Gasteiger partial charge is 0.0843 e. The van der Waals surface area contributed by atoms with Crippen LogP contribution in [0.2, 0.25) is 5.02 Å². The molecule has 1 fully saturated rings. The molecule has 2 nitrogen and oxygen atoms in total. The monoisotopic (exact) mass is 527 g/mol. The fraction of sp³-hybridized carbons (Fsp3) is 0.303. The number of rotatable bonds is 10. The van der Waals surface area contributed by atoms with Gasteiger partial charge in [0.15, 0.2) is 0 Å². The van der Waals surface area contributed by atoms with Crippen molar-refractivity contribution in [3.05, 3.63) is 112 Å². The van der Waals surface area contributed by atoms with Gasteiger partial charge in [0, 0.05) is 15.7 Å². The number of benzene rings is 3. The van der Waals surface area contributed by atoms with Crippen LogP contribution in [-0.4, -0.2) is 15.8 Å². The summed E-state index contributed by atoms with van der Waals surface area (Å²) in [5.74, 6) is 2.10. The van der Waals surface area contributed by atoms with E-state index >= 15 is 0 Å². The molecule has 4 aromatic rings. The predicted molar refractivity (Wildman–Crippen MR) is 160 cm³/mol. The molecular weight excluding hydrogens is 494 g/mol. The molecule has 4 heteroatoms. The van der Waals surface area contributed by atoms with Crippen LogP contribution in [0.3, 0.4) is 0 Å². The number of aliphatic hydroxyl groups is 1. The molecule has 1 aliphatic rings. The van der Waals surface area contributed by atoms with Crippen LogP contribution in [0.25, 0.3) is 23.1 Å². The Labute approximate surface area is 229 Å². The maximum atomic E-state index is 10.7. The fourth-order valence-corrected chi connectivity index (χ4v) is 6.38. The van der Waals surface area contributed by atoms with Crippen molar-refractivity contribution in [3.63, 3.8) is 0 Å². The lowest BCUT2D eigenvalue weighted by atomic mass is 9.90. The molecule has 1 aliphatic carbocycles. The molecule has 1 heterocycles. The van der Waals surface area contributed by atoms with Gasteiger partial charge in [0.05, 0.1) is 16.8 Å². The summed E-state index contributed by atoms with van der Waals surface area (Å²) in [5, 5.41) is 12.9. The summed E-state index contributed by atoms with van der Waals surface area (Å²) < 4.78 is 0. The second kappa shape index (κ2) is 11.4. The van der Waals surface area contributed by atoms with Crippen LogP contribution in [0.4, 0.5) is 0 Å². The van der Waals surface area contributed by atoms with E-state index < -0.39 is 5.60 Å². The molecule has 5 rings (SSSR count). The second-order valence-electron chi connectivity index (χ2n) is 10.6. The first-order valence-corrected chi connectivity index (χ1v) is 14.5. The lowest BCUT2D eigenvalue weighted by Gasteiger charge is -2.23. The summed E-state index contributed by atoms with van der Waals surface area (Å²) in [7, 11) is 0. The van der Waals surface area contributed by atoms with Crippen LogP contribution >= 0.6 is 23.4 Å². The van der Waals surface area contributed by atoms with Crippen molar-refractivity contribution < 1.29 is 5.11 Å². The van der Waals surface area contributed by atoms with Gasteiger partial charge in [-0.2, -0.15) is 11.8 Å². The zero-order valence-electron chi connectivity index (χ0n) is 21.5. The lowest BCUT2D eigenvalue weighted by Crippen LogP contribution is -2.18. The molecule has 0 aliphatic heterocycles. The topological polar surface area (TPSA) is 33.1 Å². The molecule has 190 valence electrons. The predicted octanol–water partition coefficient (Wildman–Crippen LogP) is 9.10. The van der Waals surface area contributed by atoms with Crippen LogP contribution < -0.4 is 0 Å². The summed E-state index contributed by atoms with van der Waals surface area (Å²) in [6.07, 6.45) is 8.96. The third-order valence-corrected chi connectivity index (χ3v) is 8.80. The number of aromatic nitrogens is 1. The molecule has 0 amide bonds. The van der Waals surface area contributed by atoms with Crippen molar-refractivity contribution >= 4 is 46.4 Å². The van der Waals surface area contributed by atoms with Crippen LogP contribution in [0.15, 0.2) is 78.9 Å². The quantitative estimate of drug-likeness (QED) is 0.223. The molecule has 37 heavy (non-hydrogen) atoms. The largest absolute Gasteiger partial charge is 0.386 e. The van der Waals surface area contributed by atoms with Gasteiger partial charge in [-0.15, -0.1) is 0 Å². The molecule has 1 N–H and O–H groups in total. The van der Waals surface area contributed by atoms with Gasteiger partial charge in [-0.3, -0.25) is 0 Å². The maximum absolute atomic E-state index is 10.7. The molecule has 0 saturated heterocycles. The molecule has 0 spiro atoms. The van der Waals surface area contributed by atoms with E-state index in [0.717, 1.165) is 40.9 Å². The second-order valence-corrected chi connectivity index (χ2v) is 12.3. The van der Waals surface area contributed by atoms with Crippen molar-refractivity contribution in [2.24, 2.45) is 5.92 Å². The SMILES string of the molecule is CC(C)(O)c1ccccc1CC[C@@H](SCC1CC1)c1cccc(C=Cc2ccc3ccc(Cl)cc3n2)c1. The van der Waals surface area contributed by atoms with Crippen molar-refractivity contribution in [1.82, 2.24) is 4.98 Å². The molecule has 0 radical (unpaired) electrons. The van der Waals surface area contributed by atoms with Gasteiger partial charge in [0.1, 0.15) is 0 Å². The first-order chi connectivity index (χ1) is 17.8. The van der Waals surface area contributed by atoms with Crippen molar-refractivity contribution in [2.75, 3.05) is 5.75 Å². The third-order valence-electron chi connectivity index (χ3n) is 6.99. The molecule has 0 bridgehead atoms. The molecule has 3 aromatic carbocycles. The minimum Gasteiger partial charge on any atom is -0.386 e. The van der Waals surface area contributed by atoms with Crippen LogP contribution in [0.1, 0.15) is 66.3 Å². The minimum absolute atomic E-state index is 0.421. The zero-order chi connectivity index (χ0) is 25.8. The van der Waals surface area contributed by atoms with E-state index in [0.29, 0.717) is 10.3 Å². The highest BCUT2D eigenvalue weighted by Crippen LogP contribution is 2.41. The van der Waals surface area contributed by atoms with Crippen LogP contribution in [0, 0.1) is 5.92 Å². The van der Waals surface area contributed by atoms with E-state index in [1.54, 1.807) is 0 Å². The number of nitrogens with zero attached hydrogens (tertiary/aromatic N) is 1. The summed E-state index contributed by atoms with van der Waals surface area (Å²) in [5.41, 5.74) is 5.81. The van der Waals surface area contributed by atoms with Crippen LogP contribution in [-0.2, 0) is 12.0 Å². The van der Waals surface area contributed by atoms with Gasteiger partial charge in [-0.05, 0) is 97.7 Å². The van der Waals surface area contributed by atoms with E-state index in [1.165, 1.54) is 35.3 Å². The zero-order valence-corrected chi connectivity index (χ0v) is 23.1. The summed E-state index contributed by atoms with van der Waals surface area (Å²) in [6.45, 7) is 3.75. The first-order valence-electron chi connectivity index (χ1n) is 13.1. The number of pyridine rings is 1. The molecule has 0 unspecified atom stereocenters. The van der Waals surface area contributed by atoms with Gasteiger partial charge < -0.3 is 5.11 Å². The van der Waals surface area contributed by atoms with E-state index in [2.05, 4.69) is 72.4 Å². The average Bonchev–Trinajstić information content (AvgIpc) is 3.72. The number of hydrogen-bond donors (Lipinski definition) is 1. The molecule has 1 aromatic heterocycles. The number of aryl methyl sites for hydroxylation is 1. The van der Waals surface area contributed by atoms with E-state index in [1.807, 2.05) is 44.2 Å². The normalized spacial score (nSPS) is 14.9. The van der Waals surface area contributed by atoms with Gasteiger partial charge in [-0.1, -0.05) is 78.3 Å². The van der Waals surface area contributed by atoms with E-state index in [4.69, 9.17) is 16.6 Å². The van der Waals surface area contributed by atoms with Gasteiger partial charge in [0.2, 0.25) is 0 Å². The standard InChI is InChI=1S/C33H34ClNOS/c1-33(2,36)30-9-4-3-7-25(30)15-19-32(37-22-24-10-11-24)27-8-5-6-23(20-27)12-17-29-18-14-26-13-16-28(34)21-31(26)35-29/h3-9,12-14,16-18,20-21,24,32,36H,10-11,15,19,22H2,1-2H3/t32-/m1/s1. The van der Waals surface area contributed by atoms with Crippen molar-refractivity contribution in [1.29, 1.82) is 0 Å². The summed E-state index contributed by atoms with van der Waals surface area (Å²) >= 11 is 8.26. The Kier molecular flexibility index (Phi) is 8.04. The molecular formula is C33H34ClNOS. The van der Waals surface area contributed by atoms with Crippen molar-refractivity contribution in [2.45, 2.75) is 50.4 Å². The Bertz CT molecular complexity index is 1400. The van der Waals surface area contributed by atoms with Crippen molar-refractivity contribution in [3.8, 4) is 0 Å². The summed E-state index contributed by atoms with van der Waals surface area (Å²) in [4.78, 5) is 4.76. The molecule has 1 atom stereocenters. The van der Waals surface area contributed by atoms with E-state index in [-0.39, 0.29) is 0 Å². The van der Waals surface area contributed by atoms with Gasteiger partial charge in [0.25, 0.3) is 0 Å². The number of halogens is 1. The van der Waals surface area contributed by atoms with Crippen LogP contribution in [0.5, 0.6) is 0 Å². The number of fused-ring (bicyclic) bond motifs is 1. The Morgan fingerprint density at radius 1 is 1.00 bits per heavy atom. The minimum atomic E-state index is -0.833. The summed E-state index contributed by atoms with van der Waals surface area (Å²) in [6, 6.07) is 27.2. The Balaban J connectivity index is 1.34. The third kappa shape index (κ3) is 7.04. The van der Waals surface area contributed by atoms with E-state index in [9.17, 15) is 5.11 Å². The fourth-order valence-electron chi connectivity index (χ4n) is 4.75.